The smallest absolute Gasteiger partial charge is 0.228 e. The van der Waals surface area contributed by atoms with Gasteiger partial charge in [-0.1, -0.05) is 13.0 Å². The number of carbonyl (C=O) groups excluding carboxylic acids is 1. The number of pyridine rings is 1. The summed E-state index contributed by atoms with van der Waals surface area (Å²) in [6, 6.07) is 5.37. The fourth-order valence-corrected chi connectivity index (χ4v) is 1.62. The van der Waals surface area contributed by atoms with Gasteiger partial charge in [0.1, 0.15) is 5.82 Å². The molecular weight excluding hydrogens is 204 g/mol. The van der Waals surface area contributed by atoms with Gasteiger partial charge in [-0.2, -0.15) is 4.98 Å². The number of ether oxygens (including phenoxy) is 1. The molecule has 1 N–H and O–H groups in total. The number of amides is 1. The Labute approximate surface area is 95.0 Å². The van der Waals surface area contributed by atoms with E-state index >= 15 is 0 Å². The van der Waals surface area contributed by atoms with Crippen LogP contribution in [0.4, 0.5) is 5.82 Å². The number of hydrogen-bond acceptors (Lipinski definition) is 3. The Morgan fingerprint density at radius 2 is 2.38 bits per heavy atom. The Balaban J connectivity index is 1.98. The fourth-order valence-electron chi connectivity index (χ4n) is 1.62. The highest BCUT2D eigenvalue weighted by molar-refractivity contribution is 5.93. The molecule has 0 aromatic carbocycles. The molecule has 16 heavy (non-hydrogen) atoms. The van der Waals surface area contributed by atoms with Crippen molar-refractivity contribution in [2.24, 2.45) is 11.8 Å². The molecule has 1 heterocycles. The first-order chi connectivity index (χ1) is 7.70. The Bertz CT molecular complexity index is 392. The second kappa shape index (κ2) is 4.51. The summed E-state index contributed by atoms with van der Waals surface area (Å²) in [5.41, 5.74) is 0. The molecule has 0 spiro atoms. The zero-order valence-electron chi connectivity index (χ0n) is 9.56. The summed E-state index contributed by atoms with van der Waals surface area (Å²) in [6.07, 6.45) is 0.983. The van der Waals surface area contributed by atoms with Gasteiger partial charge in [-0.25, -0.2) is 0 Å². The minimum atomic E-state index is 0.0636. The molecule has 0 radical (unpaired) electrons. The van der Waals surface area contributed by atoms with Crippen LogP contribution in [-0.2, 0) is 4.79 Å². The average Bonchev–Trinajstić information content (AvgIpc) is 2.97. The van der Waals surface area contributed by atoms with E-state index in [0.29, 0.717) is 24.2 Å². The summed E-state index contributed by atoms with van der Waals surface area (Å²) in [5, 5.41) is 2.80. The van der Waals surface area contributed by atoms with E-state index in [1.807, 2.05) is 13.0 Å². The van der Waals surface area contributed by atoms with Crippen LogP contribution < -0.4 is 10.1 Å². The van der Waals surface area contributed by atoms with Gasteiger partial charge in [0.25, 0.3) is 0 Å². The number of nitrogens with one attached hydrogen (secondary N) is 1. The lowest BCUT2D eigenvalue weighted by Gasteiger charge is -2.06. The molecule has 1 aliphatic rings. The molecule has 0 bridgehead atoms. The summed E-state index contributed by atoms with van der Waals surface area (Å²) in [5.74, 6) is 1.85. The summed E-state index contributed by atoms with van der Waals surface area (Å²) in [4.78, 5) is 15.8. The molecule has 1 fully saturated rings. The highest BCUT2D eigenvalue weighted by Crippen LogP contribution is 2.38. The Morgan fingerprint density at radius 3 is 3.00 bits per heavy atom. The standard InChI is InChI=1S/C12H16N2O2/c1-3-16-11-6-4-5-10(13-11)14-12(15)9-7-8(9)2/h4-6,8-9H,3,7H2,1-2H3,(H,13,14,15)/t8-,9-/m0/s1. The third-order valence-corrected chi connectivity index (χ3v) is 2.71. The van der Waals surface area contributed by atoms with Crippen LogP contribution >= 0.6 is 0 Å². The molecule has 1 aromatic heterocycles. The quantitative estimate of drug-likeness (QED) is 0.845. The van der Waals surface area contributed by atoms with Crippen LogP contribution in [-0.4, -0.2) is 17.5 Å². The first-order valence-corrected chi connectivity index (χ1v) is 5.61. The molecular formula is C12H16N2O2. The molecule has 2 rings (SSSR count). The predicted octanol–water partition coefficient (Wildman–Crippen LogP) is 2.07. The number of hydrogen-bond donors (Lipinski definition) is 1. The second-order valence-corrected chi connectivity index (χ2v) is 4.10. The van der Waals surface area contributed by atoms with E-state index in [2.05, 4.69) is 17.2 Å². The molecule has 4 nitrogen and oxygen atoms in total. The van der Waals surface area contributed by atoms with Crippen LogP contribution in [0.3, 0.4) is 0 Å². The van der Waals surface area contributed by atoms with Crippen molar-refractivity contribution in [3.8, 4) is 5.88 Å². The Hall–Kier alpha value is -1.58. The van der Waals surface area contributed by atoms with Gasteiger partial charge < -0.3 is 10.1 Å². The highest BCUT2D eigenvalue weighted by atomic mass is 16.5. The van der Waals surface area contributed by atoms with Gasteiger partial charge in [0.05, 0.1) is 6.61 Å². The first-order valence-electron chi connectivity index (χ1n) is 5.61. The van der Waals surface area contributed by atoms with Crippen molar-refractivity contribution in [1.82, 2.24) is 4.98 Å². The summed E-state index contributed by atoms with van der Waals surface area (Å²) < 4.78 is 5.26. The van der Waals surface area contributed by atoms with Crippen LogP contribution in [0.15, 0.2) is 18.2 Å². The first kappa shape index (κ1) is 10.9. The van der Waals surface area contributed by atoms with Crippen molar-refractivity contribution in [1.29, 1.82) is 0 Å². The number of carbonyl (C=O) groups is 1. The molecule has 86 valence electrons. The van der Waals surface area contributed by atoms with Gasteiger partial charge in [0.15, 0.2) is 0 Å². The molecule has 2 atom stereocenters. The lowest BCUT2D eigenvalue weighted by Crippen LogP contribution is -2.15. The maximum atomic E-state index is 11.7. The molecule has 0 saturated heterocycles. The largest absolute Gasteiger partial charge is 0.478 e. The zero-order valence-corrected chi connectivity index (χ0v) is 9.56. The summed E-state index contributed by atoms with van der Waals surface area (Å²) >= 11 is 0. The van der Waals surface area contributed by atoms with Crippen LogP contribution in [0.2, 0.25) is 0 Å². The average molecular weight is 220 g/mol. The van der Waals surface area contributed by atoms with E-state index < -0.39 is 0 Å². The third-order valence-electron chi connectivity index (χ3n) is 2.71. The van der Waals surface area contributed by atoms with E-state index in [9.17, 15) is 4.79 Å². The van der Waals surface area contributed by atoms with E-state index in [1.165, 1.54) is 0 Å². The van der Waals surface area contributed by atoms with Crippen LogP contribution in [0.25, 0.3) is 0 Å². The van der Waals surface area contributed by atoms with Gasteiger partial charge >= 0.3 is 0 Å². The molecule has 1 aromatic rings. The zero-order chi connectivity index (χ0) is 11.5. The van der Waals surface area contributed by atoms with Gasteiger partial charge in [-0.05, 0) is 25.3 Å². The maximum absolute atomic E-state index is 11.7. The van der Waals surface area contributed by atoms with E-state index in [-0.39, 0.29) is 11.8 Å². The molecule has 0 aliphatic heterocycles. The van der Waals surface area contributed by atoms with Crippen molar-refractivity contribution >= 4 is 11.7 Å². The van der Waals surface area contributed by atoms with Crippen LogP contribution in [0, 0.1) is 11.8 Å². The van der Waals surface area contributed by atoms with Crippen molar-refractivity contribution in [3.63, 3.8) is 0 Å². The van der Waals surface area contributed by atoms with E-state index in [0.717, 1.165) is 6.42 Å². The number of anilines is 1. The van der Waals surface area contributed by atoms with Gasteiger partial charge in [0.2, 0.25) is 11.8 Å². The highest BCUT2D eigenvalue weighted by Gasteiger charge is 2.39. The van der Waals surface area contributed by atoms with Crippen molar-refractivity contribution in [2.75, 3.05) is 11.9 Å². The van der Waals surface area contributed by atoms with Crippen LogP contribution in [0.1, 0.15) is 20.3 Å². The van der Waals surface area contributed by atoms with Gasteiger partial charge in [0, 0.05) is 12.0 Å². The predicted molar refractivity (Wildman–Crippen MR) is 61.3 cm³/mol. The Kier molecular flexibility index (Phi) is 3.08. The second-order valence-electron chi connectivity index (χ2n) is 4.10. The van der Waals surface area contributed by atoms with E-state index in [4.69, 9.17) is 4.74 Å². The summed E-state index contributed by atoms with van der Waals surface area (Å²) in [7, 11) is 0. The van der Waals surface area contributed by atoms with Crippen molar-refractivity contribution < 1.29 is 9.53 Å². The SMILES string of the molecule is CCOc1cccc(NC(=O)[C@H]2C[C@@H]2C)n1. The number of nitrogens with zero attached hydrogens (tertiary/aromatic N) is 1. The minimum Gasteiger partial charge on any atom is -0.478 e. The van der Waals surface area contributed by atoms with Gasteiger partial charge in [-0.15, -0.1) is 0 Å². The molecule has 1 amide bonds. The fraction of sp³-hybridized carbons (Fsp3) is 0.500. The van der Waals surface area contributed by atoms with Crippen LogP contribution in [0.5, 0.6) is 5.88 Å². The number of aromatic nitrogens is 1. The molecule has 4 heteroatoms. The minimum absolute atomic E-state index is 0.0636. The maximum Gasteiger partial charge on any atom is 0.228 e. The monoisotopic (exact) mass is 220 g/mol. The van der Waals surface area contributed by atoms with Gasteiger partial charge in [-0.3, -0.25) is 4.79 Å². The topological polar surface area (TPSA) is 51.2 Å². The lowest BCUT2D eigenvalue weighted by molar-refractivity contribution is -0.117. The lowest BCUT2D eigenvalue weighted by atomic mass is 10.3. The molecule has 1 saturated carbocycles. The normalized spacial score (nSPS) is 22.6. The number of rotatable bonds is 4. The van der Waals surface area contributed by atoms with Crippen molar-refractivity contribution in [3.05, 3.63) is 18.2 Å². The molecule has 0 unspecified atom stereocenters. The third kappa shape index (κ3) is 2.51. The molecule has 1 aliphatic carbocycles. The Morgan fingerprint density at radius 1 is 1.62 bits per heavy atom. The van der Waals surface area contributed by atoms with E-state index in [1.54, 1.807) is 12.1 Å². The van der Waals surface area contributed by atoms with Crippen molar-refractivity contribution in [2.45, 2.75) is 20.3 Å². The summed E-state index contributed by atoms with van der Waals surface area (Å²) in [6.45, 7) is 4.55.